The van der Waals surface area contributed by atoms with Gasteiger partial charge in [-0.2, -0.15) is 0 Å². The number of benzene rings is 2. The molecule has 0 saturated carbocycles. The number of nitrogens with zero attached hydrogens (tertiary/aromatic N) is 1. The van der Waals surface area contributed by atoms with Crippen molar-refractivity contribution in [2.24, 2.45) is 0 Å². The van der Waals surface area contributed by atoms with Crippen LogP contribution >= 0.6 is 0 Å². The highest BCUT2D eigenvalue weighted by molar-refractivity contribution is 5.45. The molecule has 2 aromatic rings. The second-order valence-corrected chi connectivity index (χ2v) is 6.23. The summed E-state index contributed by atoms with van der Waals surface area (Å²) in [5, 5.41) is 3.49. The molecule has 3 rings (SSSR count). The maximum absolute atomic E-state index is 3.49. The van der Waals surface area contributed by atoms with Gasteiger partial charge < -0.3 is 5.32 Å². The Morgan fingerprint density at radius 1 is 0.727 bits per heavy atom. The van der Waals surface area contributed by atoms with Gasteiger partial charge in [0, 0.05) is 18.8 Å². The lowest BCUT2D eigenvalue weighted by Crippen LogP contribution is -2.23. The van der Waals surface area contributed by atoms with Gasteiger partial charge in [-0.1, -0.05) is 55.3 Å². The Bertz CT molecular complexity index is 540. The summed E-state index contributed by atoms with van der Waals surface area (Å²) >= 11 is 0. The predicted molar refractivity (Wildman–Crippen MR) is 94.0 cm³/mol. The molecule has 1 N–H and O–H groups in total. The van der Waals surface area contributed by atoms with Crippen LogP contribution in [0.15, 0.2) is 54.6 Å². The molecule has 0 radical (unpaired) electrons. The van der Waals surface area contributed by atoms with Crippen molar-refractivity contribution in [3.05, 3.63) is 65.7 Å². The highest BCUT2D eigenvalue weighted by Gasteiger charge is 2.09. The van der Waals surface area contributed by atoms with Gasteiger partial charge in [-0.15, -0.1) is 0 Å². The van der Waals surface area contributed by atoms with Crippen molar-refractivity contribution >= 4 is 5.69 Å². The van der Waals surface area contributed by atoms with Gasteiger partial charge in [0.1, 0.15) is 0 Å². The van der Waals surface area contributed by atoms with E-state index in [9.17, 15) is 0 Å². The van der Waals surface area contributed by atoms with Gasteiger partial charge in [-0.25, -0.2) is 0 Å². The van der Waals surface area contributed by atoms with E-state index in [0.717, 1.165) is 13.1 Å². The van der Waals surface area contributed by atoms with Crippen molar-refractivity contribution in [3.8, 4) is 0 Å². The van der Waals surface area contributed by atoms with Crippen molar-refractivity contribution in [1.29, 1.82) is 0 Å². The van der Waals surface area contributed by atoms with Crippen LogP contribution in [0, 0.1) is 0 Å². The normalized spacial score (nSPS) is 16.2. The fourth-order valence-corrected chi connectivity index (χ4v) is 3.08. The molecule has 1 aliphatic heterocycles. The van der Waals surface area contributed by atoms with Crippen molar-refractivity contribution in [3.63, 3.8) is 0 Å². The zero-order valence-corrected chi connectivity index (χ0v) is 13.3. The monoisotopic (exact) mass is 294 g/mol. The molecule has 2 heteroatoms. The Morgan fingerprint density at radius 3 is 2.09 bits per heavy atom. The fourth-order valence-electron chi connectivity index (χ4n) is 3.08. The van der Waals surface area contributed by atoms with Crippen molar-refractivity contribution in [1.82, 2.24) is 4.90 Å². The number of nitrogens with one attached hydrogen (secondary N) is 1. The summed E-state index contributed by atoms with van der Waals surface area (Å²) in [5.41, 5.74) is 3.94. The number of likely N-dealkylation sites (tertiary alicyclic amines) is 1. The summed E-state index contributed by atoms with van der Waals surface area (Å²) < 4.78 is 0. The second kappa shape index (κ2) is 8.00. The van der Waals surface area contributed by atoms with Crippen molar-refractivity contribution in [2.75, 3.05) is 18.4 Å². The predicted octanol–water partition coefficient (Wildman–Crippen LogP) is 4.67. The number of hydrogen-bond acceptors (Lipinski definition) is 2. The first-order valence-corrected chi connectivity index (χ1v) is 8.49. The first kappa shape index (κ1) is 15.1. The van der Waals surface area contributed by atoms with E-state index in [0.29, 0.717) is 0 Å². The highest BCUT2D eigenvalue weighted by atomic mass is 15.1. The topological polar surface area (TPSA) is 15.3 Å². The third-order valence-corrected chi connectivity index (χ3v) is 4.40. The van der Waals surface area contributed by atoms with Crippen LogP contribution in [0.5, 0.6) is 0 Å². The van der Waals surface area contributed by atoms with E-state index in [1.54, 1.807) is 0 Å². The molecule has 0 aromatic heterocycles. The van der Waals surface area contributed by atoms with Crippen LogP contribution in [0.2, 0.25) is 0 Å². The third kappa shape index (κ3) is 4.60. The Morgan fingerprint density at radius 2 is 1.41 bits per heavy atom. The van der Waals surface area contributed by atoms with Crippen molar-refractivity contribution in [2.45, 2.75) is 38.8 Å². The fraction of sp³-hybridized carbons (Fsp3) is 0.400. The molecular weight excluding hydrogens is 268 g/mol. The van der Waals surface area contributed by atoms with E-state index in [2.05, 4.69) is 64.8 Å². The molecular formula is C20H26N2. The molecule has 0 amide bonds. The Labute approximate surface area is 134 Å². The summed E-state index contributed by atoms with van der Waals surface area (Å²) in [6.07, 6.45) is 5.52. The van der Waals surface area contributed by atoms with Gasteiger partial charge in [0.2, 0.25) is 0 Å². The van der Waals surface area contributed by atoms with Gasteiger partial charge in [0.25, 0.3) is 0 Å². The molecule has 1 fully saturated rings. The zero-order chi connectivity index (χ0) is 15.0. The summed E-state index contributed by atoms with van der Waals surface area (Å²) in [4.78, 5) is 2.60. The standard InChI is InChI=1S/C20H26N2/c1-2-7-15-22(14-6-1)17-19-10-12-20(13-11-19)21-16-18-8-4-3-5-9-18/h3-5,8-13,21H,1-2,6-7,14-17H2. The lowest BCUT2D eigenvalue weighted by Gasteiger charge is -2.19. The summed E-state index contributed by atoms with van der Waals surface area (Å²) in [7, 11) is 0. The third-order valence-electron chi connectivity index (χ3n) is 4.40. The lowest BCUT2D eigenvalue weighted by molar-refractivity contribution is 0.277. The molecule has 2 nitrogen and oxygen atoms in total. The summed E-state index contributed by atoms with van der Waals surface area (Å²) in [6.45, 7) is 4.49. The minimum Gasteiger partial charge on any atom is -0.381 e. The Kier molecular flexibility index (Phi) is 5.49. The van der Waals surface area contributed by atoms with Crippen molar-refractivity contribution < 1.29 is 0 Å². The van der Waals surface area contributed by atoms with Crippen LogP contribution in [-0.4, -0.2) is 18.0 Å². The first-order valence-electron chi connectivity index (χ1n) is 8.49. The molecule has 22 heavy (non-hydrogen) atoms. The molecule has 0 atom stereocenters. The number of hydrogen-bond donors (Lipinski definition) is 1. The van der Waals surface area contributed by atoms with Crippen LogP contribution in [0.4, 0.5) is 5.69 Å². The van der Waals surface area contributed by atoms with Gasteiger partial charge >= 0.3 is 0 Å². The average Bonchev–Trinajstić information content (AvgIpc) is 2.84. The number of anilines is 1. The van der Waals surface area contributed by atoms with E-state index in [1.165, 1.54) is 55.6 Å². The highest BCUT2D eigenvalue weighted by Crippen LogP contribution is 2.16. The Hall–Kier alpha value is -1.80. The zero-order valence-electron chi connectivity index (χ0n) is 13.3. The quantitative estimate of drug-likeness (QED) is 0.861. The smallest absolute Gasteiger partial charge is 0.0400 e. The van der Waals surface area contributed by atoms with E-state index in [4.69, 9.17) is 0 Å². The van der Waals surface area contributed by atoms with Crippen LogP contribution in [0.1, 0.15) is 36.8 Å². The molecule has 0 aliphatic carbocycles. The first-order chi connectivity index (χ1) is 10.9. The second-order valence-electron chi connectivity index (χ2n) is 6.23. The maximum atomic E-state index is 3.49. The molecule has 0 spiro atoms. The van der Waals surface area contributed by atoms with Gasteiger partial charge in [0.15, 0.2) is 0 Å². The lowest BCUT2D eigenvalue weighted by atomic mass is 10.1. The van der Waals surface area contributed by atoms with Gasteiger partial charge in [-0.05, 0) is 49.2 Å². The molecule has 1 aliphatic rings. The molecule has 116 valence electrons. The average molecular weight is 294 g/mol. The van der Waals surface area contributed by atoms with Gasteiger partial charge in [0.05, 0.1) is 0 Å². The minimum absolute atomic E-state index is 0.881. The maximum Gasteiger partial charge on any atom is 0.0400 e. The summed E-state index contributed by atoms with van der Waals surface area (Å²) in [6, 6.07) is 19.5. The van der Waals surface area contributed by atoms with Crippen LogP contribution in [0.3, 0.4) is 0 Å². The SMILES string of the molecule is c1ccc(CNc2ccc(CN3CCCCCC3)cc2)cc1. The van der Waals surface area contributed by atoms with E-state index in [-0.39, 0.29) is 0 Å². The minimum atomic E-state index is 0.881. The summed E-state index contributed by atoms with van der Waals surface area (Å²) in [5.74, 6) is 0. The van der Waals surface area contributed by atoms with Crippen LogP contribution in [-0.2, 0) is 13.1 Å². The molecule has 1 saturated heterocycles. The van der Waals surface area contributed by atoms with Crippen LogP contribution < -0.4 is 5.32 Å². The van der Waals surface area contributed by atoms with E-state index >= 15 is 0 Å². The number of rotatable bonds is 5. The van der Waals surface area contributed by atoms with Gasteiger partial charge in [-0.3, -0.25) is 4.90 Å². The van der Waals surface area contributed by atoms with E-state index in [1.807, 2.05) is 0 Å². The Balaban J connectivity index is 1.51. The molecule has 1 heterocycles. The van der Waals surface area contributed by atoms with E-state index < -0.39 is 0 Å². The molecule has 0 unspecified atom stereocenters. The molecule has 0 bridgehead atoms. The largest absolute Gasteiger partial charge is 0.381 e. The van der Waals surface area contributed by atoms with Crippen LogP contribution in [0.25, 0.3) is 0 Å². The molecule has 2 aromatic carbocycles.